The molecule has 0 saturated carbocycles. The molecule has 0 fully saturated rings. The largest absolute Gasteiger partial charge is 0.507 e. The molecule has 1 N–H and O–H groups in total. The molecule has 0 radical (unpaired) electrons. The van der Waals surface area contributed by atoms with Gasteiger partial charge < -0.3 is 14.6 Å². The van der Waals surface area contributed by atoms with Gasteiger partial charge in [-0.2, -0.15) is 0 Å². The second-order valence-corrected chi connectivity index (χ2v) is 7.11. The number of Topliss-reactive ketones (excluding diaryl/α,β-unsaturated/α-hetero) is 2. The molecule has 0 saturated heterocycles. The zero-order valence-electron chi connectivity index (χ0n) is 15.6. The van der Waals surface area contributed by atoms with Crippen molar-refractivity contribution in [2.45, 2.75) is 40.2 Å². The average Bonchev–Trinajstić information content (AvgIpc) is 2.63. The highest BCUT2D eigenvalue weighted by Crippen LogP contribution is 2.39. The second-order valence-electron chi connectivity index (χ2n) is 7.11. The van der Waals surface area contributed by atoms with Crippen molar-refractivity contribution in [3.8, 4) is 5.75 Å². The van der Waals surface area contributed by atoms with Crippen LogP contribution in [0.5, 0.6) is 5.75 Å². The Hall–Kier alpha value is -2.56. The molecule has 3 rings (SSSR count). The zero-order valence-corrected chi connectivity index (χ0v) is 15.6. The monoisotopic (exact) mass is 356 g/mol. The maximum atomic E-state index is 12.3. The number of hydrogen-bond donors (Lipinski definition) is 1. The lowest BCUT2D eigenvalue weighted by Gasteiger charge is -2.26. The normalized spacial score (nSPS) is 18.2. The number of carbonyl (C=O) groups is 2. The quantitative estimate of drug-likeness (QED) is 0.805. The molecule has 2 atom stereocenters. The van der Waals surface area contributed by atoms with Crippen molar-refractivity contribution in [3.05, 3.63) is 39.8 Å². The van der Waals surface area contributed by atoms with E-state index >= 15 is 0 Å². The van der Waals surface area contributed by atoms with Crippen LogP contribution in [0.25, 0.3) is 12.2 Å². The number of carbonyl (C=O) groups excluding carboxylic acids is 2. The van der Waals surface area contributed by atoms with Crippen molar-refractivity contribution in [2.75, 3.05) is 7.11 Å². The lowest BCUT2D eigenvalue weighted by Crippen LogP contribution is -2.23. The molecule has 5 nitrogen and oxygen atoms in total. The Balaban J connectivity index is 2.04. The van der Waals surface area contributed by atoms with Crippen LogP contribution in [-0.4, -0.2) is 23.8 Å². The molecule has 1 aromatic carbocycles. The summed E-state index contributed by atoms with van der Waals surface area (Å²) in [4.78, 5) is 24.3. The van der Waals surface area contributed by atoms with Crippen LogP contribution in [0.15, 0.2) is 17.6 Å². The van der Waals surface area contributed by atoms with E-state index in [1.54, 1.807) is 0 Å². The molecule has 0 unspecified atom stereocenters. The summed E-state index contributed by atoms with van der Waals surface area (Å²) in [5.74, 6) is 0.0693. The Morgan fingerprint density at radius 3 is 2.58 bits per heavy atom. The van der Waals surface area contributed by atoms with Crippen LogP contribution in [0.3, 0.4) is 0 Å². The second kappa shape index (κ2) is 6.98. The highest BCUT2D eigenvalue weighted by atomic mass is 16.5. The summed E-state index contributed by atoms with van der Waals surface area (Å²) in [7, 11) is 1.35. The van der Waals surface area contributed by atoms with E-state index in [2.05, 4.69) is 20.8 Å². The van der Waals surface area contributed by atoms with Gasteiger partial charge >= 0.3 is 0 Å². The number of methoxy groups -OCH3 is 1. The smallest absolute Gasteiger partial charge is 0.268 e. The average molecular weight is 356 g/mol. The van der Waals surface area contributed by atoms with Crippen LogP contribution < -0.4 is 0 Å². The van der Waals surface area contributed by atoms with E-state index in [4.69, 9.17) is 9.47 Å². The third-order valence-corrected chi connectivity index (χ3v) is 5.25. The fourth-order valence-electron chi connectivity index (χ4n) is 3.49. The van der Waals surface area contributed by atoms with Gasteiger partial charge in [-0.1, -0.05) is 27.2 Å². The lowest BCUT2D eigenvalue weighted by molar-refractivity contribution is -0.114. The van der Waals surface area contributed by atoms with Crippen molar-refractivity contribution in [1.29, 1.82) is 0 Å². The maximum Gasteiger partial charge on any atom is 0.268 e. The number of fused-ring (bicyclic) bond motifs is 2. The summed E-state index contributed by atoms with van der Waals surface area (Å²) in [6.07, 6.45) is 5.57. The van der Waals surface area contributed by atoms with Crippen molar-refractivity contribution in [1.82, 2.24) is 0 Å². The number of aromatic hydroxyl groups is 1. The molecule has 5 heteroatoms. The highest BCUT2D eigenvalue weighted by molar-refractivity contribution is 6.51. The van der Waals surface area contributed by atoms with Gasteiger partial charge in [0.1, 0.15) is 12.4 Å². The van der Waals surface area contributed by atoms with E-state index in [1.165, 1.54) is 13.2 Å². The molecule has 138 valence electrons. The summed E-state index contributed by atoms with van der Waals surface area (Å²) < 4.78 is 10.9. The highest BCUT2D eigenvalue weighted by Gasteiger charge is 2.34. The van der Waals surface area contributed by atoms with Gasteiger partial charge in [0.2, 0.25) is 5.78 Å². The van der Waals surface area contributed by atoms with Gasteiger partial charge in [-0.05, 0) is 41.7 Å². The minimum atomic E-state index is -0.750. The van der Waals surface area contributed by atoms with Crippen LogP contribution in [0.1, 0.15) is 60.7 Å². The summed E-state index contributed by atoms with van der Waals surface area (Å²) in [6.45, 7) is 6.71. The number of allylic oxidation sites excluding steroid dienone is 2. The molecule has 1 aliphatic heterocycles. The van der Waals surface area contributed by atoms with Crippen molar-refractivity contribution in [2.24, 2.45) is 11.8 Å². The summed E-state index contributed by atoms with van der Waals surface area (Å²) >= 11 is 0. The molecular formula is C21H24O5. The first-order valence-electron chi connectivity index (χ1n) is 8.95. The van der Waals surface area contributed by atoms with Crippen LogP contribution in [0.2, 0.25) is 0 Å². The van der Waals surface area contributed by atoms with Crippen molar-refractivity contribution >= 4 is 23.7 Å². The molecule has 1 heterocycles. The number of ether oxygens (including phenoxy) is 2. The first kappa shape index (κ1) is 18.2. The van der Waals surface area contributed by atoms with E-state index in [1.807, 2.05) is 12.1 Å². The minimum Gasteiger partial charge on any atom is -0.507 e. The Morgan fingerprint density at radius 2 is 1.92 bits per heavy atom. The molecule has 0 amide bonds. The van der Waals surface area contributed by atoms with Crippen molar-refractivity contribution in [3.63, 3.8) is 0 Å². The topological polar surface area (TPSA) is 72.8 Å². The number of phenolic OH excluding ortho intramolecular Hbond substituents is 1. The SMILES string of the molecule is CC[C@H](C)C[C@@H](C)C1=Cc2cc3c(c(O)c2CO1)C(=O)C(=O)C(OC)=C3. The Labute approximate surface area is 153 Å². The third kappa shape index (κ3) is 3.02. The third-order valence-electron chi connectivity index (χ3n) is 5.25. The number of rotatable bonds is 5. The molecule has 0 spiro atoms. The van der Waals surface area contributed by atoms with E-state index < -0.39 is 11.6 Å². The molecule has 0 aromatic heterocycles. The van der Waals surface area contributed by atoms with Gasteiger partial charge in [0.15, 0.2) is 5.76 Å². The summed E-state index contributed by atoms with van der Waals surface area (Å²) in [6, 6.07) is 1.81. The fraction of sp³-hybridized carbons (Fsp3) is 0.429. The molecule has 0 bridgehead atoms. The Morgan fingerprint density at radius 1 is 1.19 bits per heavy atom. The van der Waals surface area contributed by atoms with E-state index in [9.17, 15) is 14.7 Å². The van der Waals surface area contributed by atoms with E-state index in [0.717, 1.165) is 24.2 Å². The number of phenols is 1. The molecular weight excluding hydrogens is 332 g/mol. The van der Waals surface area contributed by atoms with Gasteiger partial charge in [0.05, 0.1) is 18.4 Å². The molecule has 1 aromatic rings. The van der Waals surface area contributed by atoms with Crippen molar-refractivity contribution < 1.29 is 24.2 Å². The Kier molecular flexibility index (Phi) is 4.90. The Bertz CT molecular complexity index is 831. The summed E-state index contributed by atoms with van der Waals surface area (Å²) in [5, 5.41) is 10.6. The fourth-order valence-corrected chi connectivity index (χ4v) is 3.49. The zero-order chi connectivity index (χ0) is 19.0. The molecule has 1 aliphatic carbocycles. The maximum absolute atomic E-state index is 12.3. The van der Waals surface area contributed by atoms with Gasteiger partial charge in [-0.3, -0.25) is 9.59 Å². The van der Waals surface area contributed by atoms with Crippen LogP contribution in [0, 0.1) is 11.8 Å². The first-order valence-corrected chi connectivity index (χ1v) is 8.95. The number of ketones is 2. The van der Waals surface area contributed by atoms with E-state index in [0.29, 0.717) is 17.0 Å². The van der Waals surface area contributed by atoms with Gasteiger partial charge in [0, 0.05) is 11.5 Å². The van der Waals surface area contributed by atoms with Gasteiger partial charge in [-0.25, -0.2) is 0 Å². The van der Waals surface area contributed by atoms with Crippen LogP contribution in [0.4, 0.5) is 0 Å². The summed E-state index contributed by atoms with van der Waals surface area (Å²) in [5.41, 5.74) is 1.88. The predicted octanol–water partition coefficient (Wildman–Crippen LogP) is 4.09. The van der Waals surface area contributed by atoms with Gasteiger partial charge in [-0.15, -0.1) is 0 Å². The van der Waals surface area contributed by atoms with Crippen LogP contribution in [-0.2, 0) is 20.9 Å². The first-order chi connectivity index (χ1) is 12.4. The predicted molar refractivity (Wildman–Crippen MR) is 98.4 cm³/mol. The minimum absolute atomic E-state index is 0.0109. The standard InChI is InChI=1S/C21H24O5/c1-5-11(2)6-12(3)16-8-13-7-14-9-17(25-4)20(23)21(24)18(14)19(22)15(13)10-26-16/h7-9,11-12,22H,5-6,10H2,1-4H3/t11-,12+/m0/s1. The molecule has 26 heavy (non-hydrogen) atoms. The number of hydrogen-bond acceptors (Lipinski definition) is 5. The van der Waals surface area contributed by atoms with Gasteiger partial charge in [0.25, 0.3) is 5.78 Å². The van der Waals surface area contributed by atoms with Crippen LogP contribution >= 0.6 is 0 Å². The molecule has 2 aliphatic rings. The van der Waals surface area contributed by atoms with E-state index in [-0.39, 0.29) is 29.6 Å². The lowest BCUT2D eigenvalue weighted by atomic mass is 9.86. The number of benzene rings is 1.